The number of amidine groups is 1. The summed E-state index contributed by atoms with van der Waals surface area (Å²) in [6.45, 7) is 18.3. The molecule has 0 aromatic heterocycles. The highest BCUT2D eigenvalue weighted by Crippen LogP contribution is 2.23. The molecule has 3 N–H and O–H groups in total. The average Bonchev–Trinajstić information content (AvgIpc) is 3.11. The zero-order valence-electron chi connectivity index (χ0n) is 25.9. The van der Waals surface area contributed by atoms with Gasteiger partial charge in [0.2, 0.25) is 0 Å². The van der Waals surface area contributed by atoms with Crippen molar-refractivity contribution in [1.82, 2.24) is 15.6 Å². The van der Waals surface area contributed by atoms with Crippen LogP contribution in [0.3, 0.4) is 0 Å². The standard InChI is InChI=1S/C34H52N6S/c1-7-29(8-2)19-18-26(3)20-21-40(37-6)33(36)27(4)34(39-28(5)32-17-12-22-41-25-32)38-24-31-14-10-9-13-30(23-35)15-11-16-31/h12,15-17,22,26,29,36,38-39H,5-11,13-14,18-21,24-25H2,1-4H3/b30-15+,31-16+,34-27?,36-33?. The largest absolute Gasteiger partial charge is 0.368 e. The van der Waals surface area contributed by atoms with Crippen molar-refractivity contribution in [3.63, 3.8) is 0 Å². The maximum absolute atomic E-state index is 9.33. The Morgan fingerprint density at radius 3 is 2.61 bits per heavy atom. The summed E-state index contributed by atoms with van der Waals surface area (Å²) in [6, 6.07) is 2.33. The number of nitrogens with one attached hydrogen (secondary N) is 3. The van der Waals surface area contributed by atoms with Crippen molar-refractivity contribution in [1.29, 1.82) is 10.7 Å². The molecule has 1 aliphatic carbocycles. The lowest BCUT2D eigenvalue weighted by molar-refractivity contribution is 0.341. The summed E-state index contributed by atoms with van der Waals surface area (Å²) >= 11 is 1.75. The summed E-state index contributed by atoms with van der Waals surface area (Å²) in [6.07, 6.45) is 19.0. The van der Waals surface area contributed by atoms with Crippen molar-refractivity contribution in [2.75, 3.05) is 18.8 Å². The van der Waals surface area contributed by atoms with Gasteiger partial charge in [0, 0.05) is 42.4 Å². The van der Waals surface area contributed by atoms with E-state index in [0.717, 1.165) is 78.4 Å². The van der Waals surface area contributed by atoms with E-state index in [2.05, 4.69) is 73.4 Å². The van der Waals surface area contributed by atoms with Gasteiger partial charge in [-0.3, -0.25) is 5.41 Å². The van der Waals surface area contributed by atoms with Crippen LogP contribution in [0.15, 0.2) is 75.2 Å². The van der Waals surface area contributed by atoms with Gasteiger partial charge in [-0.1, -0.05) is 82.9 Å². The lowest BCUT2D eigenvalue weighted by Gasteiger charge is -2.26. The number of nitriles is 1. The molecule has 6 nitrogen and oxygen atoms in total. The van der Waals surface area contributed by atoms with Gasteiger partial charge in [-0.25, -0.2) is 5.01 Å². The second-order valence-electron chi connectivity index (χ2n) is 11.2. The van der Waals surface area contributed by atoms with E-state index in [1.54, 1.807) is 16.8 Å². The molecular formula is C34H52N6S. The second kappa shape index (κ2) is 19.2. The fourth-order valence-electron chi connectivity index (χ4n) is 5.06. The Kier molecular flexibility index (Phi) is 16.0. The first-order valence-corrected chi connectivity index (χ1v) is 16.4. The monoisotopic (exact) mass is 576 g/mol. The van der Waals surface area contributed by atoms with Gasteiger partial charge >= 0.3 is 0 Å². The summed E-state index contributed by atoms with van der Waals surface area (Å²) in [4.78, 5) is 0. The summed E-state index contributed by atoms with van der Waals surface area (Å²) in [7, 11) is 0. The van der Waals surface area contributed by atoms with Crippen LogP contribution in [0.2, 0.25) is 0 Å². The molecule has 41 heavy (non-hydrogen) atoms. The average molecular weight is 577 g/mol. The molecular weight excluding hydrogens is 524 g/mol. The van der Waals surface area contributed by atoms with Gasteiger partial charge < -0.3 is 10.6 Å². The highest BCUT2D eigenvalue weighted by molar-refractivity contribution is 8.02. The molecule has 7 heteroatoms. The number of rotatable bonds is 16. The third-order valence-corrected chi connectivity index (χ3v) is 9.02. The minimum atomic E-state index is 0.340. The summed E-state index contributed by atoms with van der Waals surface area (Å²) in [5.74, 6) is 3.34. The Morgan fingerprint density at radius 2 is 1.95 bits per heavy atom. The minimum absolute atomic E-state index is 0.340. The van der Waals surface area contributed by atoms with Crippen molar-refractivity contribution >= 4 is 24.3 Å². The predicted octanol–water partition coefficient (Wildman–Crippen LogP) is 8.58. The zero-order valence-corrected chi connectivity index (χ0v) is 26.7. The lowest BCUT2D eigenvalue weighted by atomic mass is 9.91. The highest BCUT2D eigenvalue weighted by Gasteiger charge is 2.18. The van der Waals surface area contributed by atoms with Gasteiger partial charge in [-0.15, -0.1) is 11.8 Å². The van der Waals surface area contributed by atoms with Crippen LogP contribution in [0.4, 0.5) is 0 Å². The van der Waals surface area contributed by atoms with E-state index in [-0.39, 0.29) is 0 Å². The predicted molar refractivity (Wildman–Crippen MR) is 179 cm³/mol. The fraction of sp³-hybridized carbons (Fsp3) is 0.559. The van der Waals surface area contributed by atoms with E-state index in [9.17, 15) is 5.26 Å². The molecule has 1 aliphatic heterocycles. The Hall–Kier alpha value is -2.98. The van der Waals surface area contributed by atoms with Crippen LogP contribution < -0.4 is 10.6 Å². The van der Waals surface area contributed by atoms with E-state index >= 15 is 0 Å². The molecule has 224 valence electrons. The normalized spacial score (nSPS) is 19.5. The molecule has 0 amide bonds. The van der Waals surface area contributed by atoms with Gasteiger partial charge in [0.15, 0.2) is 0 Å². The molecule has 0 aromatic rings. The summed E-state index contributed by atoms with van der Waals surface area (Å²) < 4.78 is 0. The molecule has 0 radical (unpaired) electrons. The molecule has 0 spiro atoms. The molecule has 0 bridgehead atoms. The maximum Gasteiger partial charge on any atom is 0.147 e. The van der Waals surface area contributed by atoms with Crippen LogP contribution in [0.25, 0.3) is 0 Å². The number of nitrogens with zero attached hydrogens (tertiary/aromatic N) is 3. The van der Waals surface area contributed by atoms with Gasteiger partial charge in [0.05, 0.1) is 6.07 Å². The van der Waals surface area contributed by atoms with Crippen molar-refractivity contribution in [3.05, 3.63) is 70.1 Å². The minimum Gasteiger partial charge on any atom is -0.368 e. The Labute approximate surface area is 254 Å². The third kappa shape index (κ3) is 12.2. The van der Waals surface area contributed by atoms with Crippen LogP contribution in [0, 0.1) is 28.6 Å². The van der Waals surface area contributed by atoms with Gasteiger partial charge in [-0.05, 0) is 68.3 Å². The first-order chi connectivity index (χ1) is 19.8. The quantitative estimate of drug-likeness (QED) is 0.0741. The van der Waals surface area contributed by atoms with Crippen molar-refractivity contribution < 1.29 is 0 Å². The van der Waals surface area contributed by atoms with Gasteiger partial charge in [-0.2, -0.15) is 10.4 Å². The number of thioether (sulfide) groups is 1. The molecule has 0 fully saturated rings. The van der Waals surface area contributed by atoms with Crippen LogP contribution in [0.1, 0.15) is 91.9 Å². The van der Waals surface area contributed by atoms with E-state index in [1.807, 2.05) is 19.1 Å². The smallest absolute Gasteiger partial charge is 0.147 e. The number of allylic oxidation sites excluding steroid dienone is 6. The molecule has 0 saturated carbocycles. The van der Waals surface area contributed by atoms with E-state index in [0.29, 0.717) is 24.8 Å². The van der Waals surface area contributed by atoms with Gasteiger partial charge in [0.1, 0.15) is 11.7 Å². The van der Waals surface area contributed by atoms with Crippen LogP contribution >= 0.6 is 11.8 Å². The lowest BCUT2D eigenvalue weighted by Crippen LogP contribution is -2.35. The highest BCUT2D eigenvalue weighted by atomic mass is 32.2. The van der Waals surface area contributed by atoms with E-state index in [4.69, 9.17) is 5.41 Å². The summed E-state index contributed by atoms with van der Waals surface area (Å²) in [5.41, 5.74) is 4.93. The summed E-state index contributed by atoms with van der Waals surface area (Å²) in [5, 5.41) is 33.5. The van der Waals surface area contributed by atoms with Crippen molar-refractivity contribution in [2.24, 2.45) is 16.9 Å². The van der Waals surface area contributed by atoms with E-state index in [1.165, 1.54) is 31.3 Å². The molecule has 0 saturated heterocycles. The molecule has 1 atom stereocenters. The number of hydrazone groups is 1. The SMILES string of the molecule is C=NN(CCC(C)CCC(CC)CC)C(=N)C(C)=C(NC/C1=C/C/C=C(/C#N)CCCC1)NC(=C)C1=CC=CSC1. The number of hydrogen-bond acceptors (Lipinski definition) is 6. The van der Waals surface area contributed by atoms with Crippen LogP contribution in [-0.2, 0) is 0 Å². The van der Waals surface area contributed by atoms with Crippen LogP contribution in [0.5, 0.6) is 0 Å². The van der Waals surface area contributed by atoms with E-state index < -0.39 is 0 Å². The topological polar surface area (TPSA) is 87.3 Å². The van der Waals surface area contributed by atoms with Crippen molar-refractivity contribution in [3.8, 4) is 6.07 Å². The van der Waals surface area contributed by atoms with Gasteiger partial charge in [0.25, 0.3) is 0 Å². The Morgan fingerprint density at radius 1 is 1.20 bits per heavy atom. The Balaban J connectivity index is 2.17. The molecule has 0 aromatic carbocycles. The molecule has 1 heterocycles. The molecule has 2 aliphatic rings. The number of hydrogen-bond donors (Lipinski definition) is 3. The zero-order chi connectivity index (χ0) is 30.0. The first-order valence-electron chi connectivity index (χ1n) is 15.3. The van der Waals surface area contributed by atoms with Crippen LogP contribution in [-0.4, -0.2) is 36.4 Å². The molecule has 1 unspecified atom stereocenters. The maximum atomic E-state index is 9.33. The first kappa shape index (κ1) is 34.2. The molecule has 2 rings (SSSR count). The Bertz CT molecular complexity index is 1080. The fourth-order valence-corrected chi connectivity index (χ4v) is 5.80. The van der Waals surface area contributed by atoms with Crippen molar-refractivity contribution in [2.45, 2.75) is 91.9 Å². The second-order valence-corrected chi connectivity index (χ2v) is 12.1. The third-order valence-electron chi connectivity index (χ3n) is 8.19.